The fourth-order valence-corrected chi connectivity index (χ4v) is 4.00. The molecule has 4 rings (SSSR count). The van der Waals surface area contributed by atoms with Crippen molar-refractivity contribution < 1.29 is 9.59 Å². The molecule has 1 aromatic heterocycles. The Kier molecular flexibility index (Phi) is 6.00. The summed E-state index contributed by atoms with van der Waals surface area (Å²) in [6.45, 7) is 1.77. The van der Waals surface area contributed by atoms with Gasteiger partial charge in [0.1, 0.15) is 5.69 Å². The van der Waals surface area contributed by atoms with Crippen LogP contribution >= 0.6 is 11.6 Å². The number of hydrogen-bond acceptors (Lipinski definition) is 3. The quantitative estimate of drug-likeness (QED) is 0.736. The van der Waals surface area contributed by atoms with E-state index in [1.165, 1.54) is 18.4 Å². The number of carbonyl (C=O) groups is 2. The molecule has 0 atom stereocenters. The molecule has 0 radical (unpaired) electrons. The van der Waals surface area contributed by atoms with Gasteiger partial charge in [-0.25, -0.2) is 0 Å². The van der Waals surface area contributed by atoms with E-state index >= 15 is 0 Å². The summed E-state index contributed by atoms with van der Waals surface area (Å²) in [5.74, 6) is -0.269. The van der Waals surface area contributed by atoms with Gasteiger partial charge in [-0.2, -0.15) is 5.10 Å². The van der Waals surface area contributed by atoms with Crippen molar-refractivity contribution in [1.29, 1.82) is 0 Å². The van der Waals surface area contributed by atoms with Crippen LogP contribution in [-0.2, 0) is 11.3 Å². The average Bonchev–Trinajstić information content (AvgIpc) is 3.17. The van der Waals surface area contributed by atoms with Crippen molar-refractivity contribution in [2.24, 2.45) is 0 Å². The first-order chi connectivity index (χ1) is 14.1. The lowest BCUT2D eigenvalue weighted by atomic mass is 9.97. The van der Waals surface area contributed by atoms with E-state index in [1.807, 2.05) is 12.1 Å². The van der Waals surface area contributed by atoms with Crippen molar-refractivity contribution >= 4 is 23.4 Å². The lowest BCUT2D eigenvalue weighted by Crippen LogP contribution is -2.46. The summed E-state index contributed by atoms with van der Waals surface area (Å²) >= 11 is 5.94. The Labute approximate surface area is 175 Å². The Balaban J connectivity index is 1.34. The minimum Gasteiger partial charge on any atom is -0.354 e. The van der Waals surface area contributed by atoms with Crippen molar-refractivity contribution in [3.05, 3.63) is 52.7 Å². The monoisotopic (exact) mass is 412 g/mol. The van der Waals surface area contributed by atoms with Crippen molar-refractivity contribution in [3.8, 4) is 11.3 Å². The average molecular weight is 413 g/mol. The molecular weight excluding hydrogens is 388 g/mol. The fraction of sp³-hybridized carbons (Fsp3) is 0.409. The standard InChI is InChI=1S/C22H25ClN4O2/c23-18-8-6-17(7-9-18)19-14-20-22(29)26(12-13-27(20)25-19)15-21(28)24-11-10-16-4-2-1-3-5-16/h4,6-9,14H,1-3,5,10-13,15H2,(H,24,28). The third-order valence-corrected chi connectivity index (χ3v) is 5.75. The van der Waals surface area contributed by atoms with Crippen molar-refractivity contribution in [2.45, 2.75) is 38.6 Å². The molecule has 0 spiro atoms. The van der Waals surface area contributed by atoms with Crippen LogP contribution in [0.5, 0.6) is 0 Å². The minimum absolute atomic E-state index is 0.0827. The number of aromatic nitrogens is 2. The van der Waals surface area contributed by atoms with E-state index in [0.29, 0.717) is 30.4 Å². The molecule has 1 aromatic carbocycles. The van der Waals surface area contributed by atoms with Crippen LogP contribution in [0.4, 0.5) is 0 Å². The van der Waals surface area contributed by atoms with Crippen LogP contribution in [-0.4, -0.2) is 46.1 Å². The van der Waals surface area contributed by atoms with E-state index in [4.69, 9.17) is 11.6 Å². The second kappa shape index (κ2) is 8.82. The highest BCUT2D eigenvalue weighted by Gasteiger charge is 2.28. The summed E-state index contributed by atoms with van der Waals surface area (Å²) in [7, 11) is 0. The van der Waals surface area contributed by atoms with E-state index in [0.717, 1.165) is 30.5 Å². The molecule has 7 heteroatoms. The molecule has 1 aliphatic heterocycles. The number of carbonyl (C=O) groups excluding carboxylic acids is 2. The highest BCUT2D eigenvalue weighted by molar-refractivity contribution is 6.30. The Morgan fingerprint density at radius 2 is 2.00 bits per heavy atom. The summed E-state index contributed by atoms with van der Waals surface area (Å²) in [6.07, 6.45) is 7.99. The van der Waals surface area contributed by atoms with E-state index in [-0.39, 0.29) is 18.4 Å². The number of allylic oxidation sites excluding steroid dienone is 1. The number of amides is 2. The third-order valence-electron chi connectivity index (χ3n) is 5.50. The van der Waals surface area contributed by atoms with Gasteiger partial charge in [0, 0.05) is 23.7 Å². The van der Waals surface area contributed by atoms with Crippen LogP contribution in [0.1, 0.15) is 42.6 Å². The van der Waals surface area contributed by atoms with Crippen molar-refractivity contribution in [2.75, 3.05) is 19.6 Å². The largest absolute Gasteiger partial charge is 0.354 e. The first-order valence-electron chi connectivity index (χ1n) is 10.2. The summed E-state index contributed by atoms with van der Waals surface area (Å²) in [5, 5.41) is 8.14. The van der Waals surface area contributed by atoms with Gasteiger partial charge in [-0.3, -0.25) is 14.3 Å². The minimum atomic E-state index is -0.158. The second-order valence-electron chi connectivity index (χ2n) is 7.58. The maximum absolute atomic E-state index is 12.8. The predicted octanol–water partition coefficient (Wildman–Crippen LogP) is 3.67. The SMILES string of the molecule is O=C(CN1CCn2nc(-c3ccc(Cl)cc3)cc2C1=O)NCCC1=CCCCC1. The number of benzene rings is 1. The molecule has 152 valence electrons. The van der Waals surface area contributed by atoms with Gasteiger partial charge in [0.15, 0.2) is 0 Å². The van der Waals surface area contributed by atoms with Crippen molar-refractivity contribution in [1.82, 2.24) is 20.0 Å². The van der Waals surface area contributed by atoms with Gasteiger partial charge in [0.25, 0.3) is 5.91 Å². The molecule has 2 amide bonds. The van der Waals surface area contributed by atoms with Crippen LogP contribution in [0, 0.1) is 0 Å². The molecule has 2 aliphatic rings. The molecule has 0 saturated heterocycles. The van der Waals surface area contributed by atoms with Crippen LogP contribution < -0.4 is 5.32 Å². The van der Waals surface area contributed by atoms with Gasteiger partial charge in [-0.05, 0) is 50.3 Å². The molecule has 0 fully saturated rings. The zero-order valence-corrected chi connectivity index (χ0v) is 17.1. The number of hydrogen-bond donors (Lipinski definition) is 1. The van der Waals surface area contributed by atoms with Crippen LogP contribution in [0.2, 0.25) is 5.02 Å². The Morgan fingerprint density at radius 1 is 1.17 bits per heavy atom. The summed E-state index contributed by atoms with van der Waals surface area (Å²) < 4.78 is 1.72. The number of rotatable bonds is 6. The first kappa shape index (κ1) is 19.7. The van der Waals surface area contributed by atoms with E-state index in [2.05, 4.69) is 16.5 Å². The van der Waals surface area contributed by atoms with Crippen LogP contribution in [0.15, 0.2) is 42.0 Å². The molecule has 29 heavy (non-hydrogen) atoms. The summed E-state index contributed by atoms with van der Waals surface area (Å²) in [5.41, 5.74) is 3.59. The molecular formula is C22H25ClN4O2. The molecule has 1 aliphatic carbocycles. The molecule has 2 heterocycles. The Morgan fingerprint density at radius 3 is 2.76 bits per heavy atom. The topological polar surface area (TPSA) is 67.2 Å². The van der Waals surface area contributed by atoms with Gasteiger partial charge in [0.2, 0.25) is 5.91 Å². The van der Waals surface area contributed by atoms with E-state index in [1.54, 1.807) is 27.8 Å². The highest BCUT2D eigenvalue weighted by atomic mass is 35.5. The Hall–Kier alpha value is -2.60. The van der Waals surface area contributed by atoms with Gasteiger partial charge in [0.05, 0.1) is 18.8 Å². The van der Waals surface area contributed by atoms with Gasteiger partial charge >= 0.3 is 0 Å². The third kappa shape index (κ3) is 4.70. The smallest absolute Gasteiger partial charge is 0.272 e. The van der Waals surface area contributed by atoms with E-state index < -0.39 is 0 Å². The number of nitrogens with one attached hydrogen (secondary N) is 1. The van der Waals surface area contributed by atoms with Crippen molar-refractivity contribution in [3.63, 3.8) is 0 Å². The molecule has 0 bridgehead atoms. The van der Waals surface area contributed by atoms with Crippen LogP contribution in [0.25, 0.3) is 11.3 Å². The number of nitrogens with zero attached hydrogens (tertiary/aromatic N) is 3. The summed E-state index contributed by atoms with van der Waals surface area (Å²) in [4.78, 5) is 26.7. The van der Waals surface area contributed by atoms with Crippen LogP contribution in [0.3, 0.4) is 0 Å². The predicted molar refractivity (Wildman–Crippen MR) is 113 cm³/mol. The summed E-state index contributed by atoms with van der Waals surface area (Å²) in [6, 6.07) is 9.15. The maximum atomic E-state index is 12.8. The zero-order valence-electron chi connectivity index (χ0n) is 16.4. The maximum Gasteiger partial charge on any atom is 0.272 e. The van der Waals surface area contributed by atoms with Gasteiger partial charge in [-0.1, -0.05) is 35.4 Å². The Bertz CT molecular complexity index is 933. The fourth-order valence-electron chi connectivity index (χ4n) is 3.87. The number of fused-ring (bicyclic) bond motifs is 1. The number of halogens is 1. The zero-order chi connectivity index (χ0) is 20.2. The normalized spacial score (nSPS) is 16.4. The molecule has 0 saturated carbocycles. The lowest BCUT2D eigenvalue weighted by Gasteiger charge is -2.26. The van der Waals surface area contributed by atoms with Gasteiger partial charge in [-0.15, -0.1) is 0 Å². The molecule has 6 nitrogen and oxygen atoms in total. The van der Waals surface area contributed by atoms with E-state index in [9.17, 15) is 9.59 Å². The second-order valence-corrected chi connectivity index (χ2v) is 8.02. The lowest BCUT2D eigenvalue weighted by molar-refractivity contribution is -0.121. The molecule has 1 N–H and O–H groups in total. The molecule has 0 unspecified atom stereocenters. The van der Waals surface area contributed by atoms with Gasteiger partial charge < -0.3 is 10.2 Å². The highest BCUT2D eigenvalue weighted by Crippen LogP contribution is 2.24. The first-order valence-corrected chi connectivity index (χ1v) is 10.6. The molecule has 2 aromatic rings.